The second-order valence-electron chi connectivity index (χ2n) is 9.56. The summed E-state index contributed by atoms with van der Waals surface area (Å²) in [4.78, 5) is 51.9. The molecule has 196 valence electrons. The van der Waals surface area contributed by atoms with Crippen molar-refractivity contribution >= 4 is 23.8 Å². The minimum atomic E-state index is -1.26. The minimum absolute atomic E-state index is 0.127. The molecular formula is C28H34N4O5. The Morgan fingerprint density at radius 2 is 1.76 bits per heavy atom. The number of hydrogen-bond acceptors (Lipinski definition) is 5. The number of nitrogens with two attached hydrogens (primary N) is 1. The standard InChI is InChI=1S/C28H34N4O5/c1-6-32(26(35)22(15-16-23(29)33)31-27(36)37-28(3,4)5)24(21-14-10-11-19(2)17-21)25(34)30-18-20-12-8-7-9-13-20/h1,7-14,17,22,24H,15-16,18H2,2-5H3,(H2,29,33)(H,30,34)(H,31,36). The molecule has 2 aromatic carbocycles. The Kier molecular flexibility index (Phi) is 10.3. The third-order valence-corrected chi connectivity index (χ3v) is 5.22. The van der Waals surface area contributed by atoms with Gasteiger partial charge in [-0.05, 0) is 45.2 Å². The first-order chi connectivity index (χ1) is 17.4. The first-order valence-corrected chi connectivity index (χ1v) is 11.9. The van der Waals surface area contributed by atoms with Crippen molar-refractivity contribution < 1.29 is 23.9 Å². The summed E-state index contributed by atoms with van der Waals surface area (Å²) in [6, 6.07) is 16.2. The molecule has 0 aromatic heterocycles. The van der Waals surface area contributed by atoms with Crippen LogP contribution in [0.15, 0.2) is 54.6 Å². The van der Waals surface area contributed by atoms with Crippen molar-refractivity contribution in [3.05, 3.63) is 71.3 Å². The molecule has 0 saturated carbocycles. The number of alkyl carbamates (subject to hydrolysis) is 1. The number of benzene rings is 2. The van der Waals surface area contributed by atoms with Crippen LogP contribution in [0.3, 0.4) is 0 Å². The second-order valence-corrected chi connectivity index (χ2v) is 9.56. The van der Waals surface area contributed by atoms with Gasteiger partial charge in [-0.15, -0.1) is 0 Å². The fourth-order valence-electron chi connectivity index (χ4n) is 3.57. The Morgan fingerprint density at radius 1 is 1.08 bits per heavy atom. The molecule has 9 heteroatoms. The first-order valence-electron chi connectivity index (χ1n) is 11.9. The summed E-state index contributed by atoms with van der Waals surface area (Å²) >= 11 is 0. The van der Waals surface area contributed by atoms with Gasteiger partial charge >= 0.3 is 6.09 Å². The second kappa shape index (κ2) is 13.1. The lowest BCUT2D eigenvalue weighted by atomic mass is 10.0. The van der Waals surface area contributed by atoms with Crippen LogP contribution >= 0.6 is 0 Å². The zero-order valence-corrected chi connectivity index (χ0v) is 21.6. The van der Waals surface area contributed by atoms with Crippen molar-refractivity contribution in [2.24, 2.45) is 5.73 Å². The average Bonchev–Trinajstić information content (AvgIpc) is 2.82. The largest absolute Gasteiger partial charge is 0.444 e. The Bertz CT molecular complexity index is 1150. The molecule has 2 rings (SSSR count). The van der Waals surface area contributed by atoms with Gasteiger partial charge in [-0.1, -0.05) is 66.6 Å². The van der Waals surface area contributed by atoms with Crippen LogP contribution in [0.4, 0.5) is 4.79 Å². The monoisotopic (exact) mass is 506 g/mol. The van der Waals surface area contributed by atoms with Crippen LogP contribution in [-0.4, -0.2) is 40.4 Å². The Morgan fingerprint density at radius 3 is 2.32 bits per heavy atom. The van der Waals surface area contributed by atoms with Gasteiger partial charge in [-0.25, -0.2) is 4.79 Å². The molecule has 0 aliphatic heterocycles. The molecule has 2 aromatic rings. The number of carbonyl (C=O) groups is 4. The van der Waals surface area contributed by atoms with Crippen molar-refractivity contribution in [3.63, 3.8) is 0 Å². The van der Waals surface area contributed by atoms with Crippen LogP contribution in [0, 0.1) is 19.4 Å². The molecule has 0 aliphatic rings. The van der Waals surface area contributed by atoms with Gasteiger partial charge < -0.3 is 21.1 Å². The van der Waals surface area contributed by atoms with Crippen LogP contribution in [-0.2, 0) is 25.7 Å². The van der Waals surface area contributed by atoms with Crippen LogP contribution in [0.5, 0.6) is 0 Å². The predicted molar refractivity (Wildman–Crippen MR) is 139 cm³/mol. The van der Waals surface area contributed by atoms with Crippen molar-refractivity contribution in [2.45, 2.75) is 64.8 Å². The van der Waals surface area contributed by atoms with Crippen molar-refractivity contribution in [1.82, 2.24) is 15.5 Å². The summed E-state index contributed by atoms with van der Waals surface area (Å²) in [6.45, 7) is 7.09. The number of nitrogens with one attached hydrogen (secondary N) is 2. The van der Waals surface area contributed by atoms with Gasteiger partial charge in [0.1, 0.15) is 17.7 Å². The highest BCUT2D eigenvalue weighted by Gasteiger charge is 2.36. The maximum atomic E-state index is 13.6. The summed E-state index contributed by atoms with van der Waals surface area (Å²) < 4.78 is 5.27. The molecule has 4 amide bonds. The lowest BCUT2D eigenvalue weighted by Crippen LogP contribution is -2.51. The van der Waals surface area contributed by atoms with Crippen LogP contribution in [0.1, 0.15) is 56.3 Å². The summed E-state index contributed by atoms with van der Waals surface area (Å²) in [7, 11) is 0. The van der Waals surface area contributed by atoms with Crippen LogP contribution in [0.25, 0.3) is 0 Å². The van der Waals surface area contributed by atoms with E-state index in [2.05, 4.69) is 16.7 Å². The number of nitrogens with zero attached hydrogens (tertiary/aromatic N) is 1. The van der Waals surface area contributed by atoms with E-state index in [9.17, 15) is 19.2 Å². The molecule has 0 fully saturated rings. The number of amides is 4. The third kappa shape index (κ3) is 9.33. The number of aryl methyl sites for hydroxylation is 1. The maximum absolute atomic E-state index is 13.6. The number of primary amides is 1. The van der Waals surface area contributed by atoms with Crippen LogP contribution in [0.2, 0.25) is 0 Å². The van der Waals surface area contributed by atoms with Gasteiger partial charge in [0.05, 0.1) is 0 Å². The van der Waals surface area contributed by atoms with Gasteiger partial charge in [0, 0.05) is 19.0 Å². The summed E-state index contributed by atoms with van der Waals surface area (Å²) in [6.07, 6.45) is 4.57. The molecule has 0 radical (unpaired) electrons. The Labute approximate surface area is 217 Å². The fraction of sp³-hybridized carbons (Fsp3) is 0.357. The van der Waals surface area contributed by atoms with Crippen molar-refractivity contribution in [3.8, 4) is 12.5 Å². The smallest absolute Gasteiger partial charge is 0.408 e. The molecule has 0 spiro atoms. The van der Waals surface area contributed by atoms with Crippen molar-refractivity contribution in [1.29, 1.82) is 0 Å². The van der Waals surface area contributed by atoms with Gasteiger partial charge in [0.25, 0.3) is 5.91 Å². The van der Waals surface area contributed by atoms with Gasteiger partial charge in [0.2, 0.25) is 11.8 Å². The van der Waals surface area contributed by atoms with Crippen molar-refractivity contribution in [2.75, 3.05) is 0 Å². The molecule has 4 N–H and O–H groups in total. The molecule has 37 heavy (non-hydrogen) atoms. The summed E-state index contributed by atoms with van der Waals surface area (Å²) in [5.74, 6) is -1.92. The van der Waals surface area contributed by atoms with E-state index < -0.39 is 41.5 Å². The highest BCUT2D eigenvalue weighted by Crippen LogP contribution is 2.24. The van der Waals surface area contributed by atoms with E-state index in [0.29, 0.717) is 5.56 Å². The van der Waals surface area contributed by atoms with E-state index in [0.717, 1.165) is 16.0 Å². The number of terminal acetylenes is 1. The van der Waals surface area contributed by atoms with E-state index in [1.54, 1.807) is 39.0 Å². The Hall–Kier alpha value is -4.32. The number of carbonyl (C=O) groups excluding carboxylic acids is 4. The van der Waals surface area contributed by atoms with Gasteiger partial charge in [-0.3, -0.25) is 19.3 Å². The number of hydrogen-bond donors (Lipinski definition) is 3. The minimum Gasteiger partial charge on any atom is -0.444 e. The normalized spacial score (nSPS) is 12.4. The predicted octanol–water partition coefficient (Wildman–Crippen LogP) is 2.93. The molecular weight excluding hydrogens is 472 g/mol. The third-order valence-electron chi connectivity index (χ3n) is 5.22. The fourth-order valence-corrected chi connectivity index (χ4v) is 3.57. The topological polar surface area (TPSA) is 131 Å². The lowest BCUT2D eigenvalue weighted by molar-refractivity contribution is -0.139. The average molecular weight is 507 g/mol. The van der Waals surface area contributed by atoms with Gasteiger partial charge in [-0.2, -0.15) is 0 Å². The van der Waals surface area contributed by atoms with E-state index in [1.165, 1.54) is 0 Å². The van der Waals surface area contributed by atoms with E-state index >= 15 is 0 Å². The zero-order chi connectivity index (χ0) is 27.6. The van der Waals surface area contributed by atoms with E-state index in [1.807, 2.05) is 43.3 Å². The molecule has 0 heterocycles. The molecule has 2 unspecified atom stereocenters. The highest BCUT2D eigenvalue weighted by atomic mass is 16.6. The molecule has 2 atom stereocenters. The first kappa shape index (κ1) is 28.9. The molecule has 0 aliphatic carbocycles. The van der Waals surface area contributed by atoms with E-state index in [-0.39, 0.29) is 19.4 Å². The SMILES string of the molecule is C#CN(C(=O)C(CCC(N)=O)NC(=O)OC(C)(C)C)C(C(=O)NCc1ccccc1)c1cccc(C)c1. The van der Waals surface area contributed by atoms with Crippen LogP contribution < -0.4 is 16.4 Å². The summed E-state index contributed by atoms with van der Waals surface area (Å²) in [5, 5.41) is 5.30. The number of ether oxygens (including phenoxy) is 1. The Balaban J connectivity index is 2.39. The maximum Gasteiger partial charge on any atom is 0.408 e. The summed E-state index contributed by atoms with van der Waals surface area (Å²) in [5.41, 5.74) is 6.67. The zero-order valence-electron chi connectivity index (χ0n) is 21.6. The lowest BCUT2D eigenvalue weighted by Gasteiger charge is -2.30. The van der Waals surface area contributed by atoms with E-state index in [4.69, 9.17) is 16.9 Å². The quantitative estimate of drug-likeness (QED) is 0.337. The molecule has 0 saturated heterocycles. The highest BCUT2D eigenvalue weighted by molar-refractivity contribution is 5.93. The van der Waals surface area contributed by atoms with Gasteiger partial charge in [0.15, 0.2) is 0 Å². The molecule has 0 bridgehead atoms. The number of rotatable bonds is 10. The molecule has 9 nitrogen and oxygen atoms in total.